The van der Waals surface area contributed by atoms with E-state index < -0.39 is 0 Å². The van der Waals surface area contributed by atoms with Crippen molar-refractivity contribution in [1.82, 2.24) is 5.43 Å². The maximum absolute atomic E-state index is 11.6. The molecule has 0 saturated heterocycles. The SMILES string of the molecule is O=C1[N]Nc2cccc(Oc3ccccc3)c21. The lowest BCUT2D eigenvalue weighted by Gasteiger charge is -2.07. The van der Waals surface area contributed by atoms with Gasteiger partial charge >= 0.3 is 0 Å². The molecule has 2 aromatic carbocycles. The summed E-state index contributed by atoms with van der Waals surface area (Å²) in [5, 5.41) is 0. The number of fused-ring (bicyclic) bond motifs is 1. The van der Waals surface area contributed by atoms with Crippen molar-refractivity contribution in [2.75, 3.05) is 5.43 Å². The maximum Gasteiger partial charge on any atom is 0.299 e. The molecule has 17 heavy (non-hydrogen) atoms. The van der Waals surface area contributed by atoms with Crippen LogP contribution in [0.5, 0.6) is 11.5 Å². The molecule has 0 unspecified atom stereocenters. The Hall–Kier alpha value is -2.49. The van der Waals surface area contributed by atoms with E-state index in [-0.39, 0.29) is 5.91 Å². The fourth-order valence-electron chi connectivity index (χ4n) is 1.71. The van der Waals surface area contributed by atoms with Crippen molar-refractivity contribution in [3.8, 4) is 11.5 Å². The van der Waals surface area contributed by atoms with Crippen LogP contribution in [0.3, 0.4) is 0 Å². The van der Waals surface area contributed by atoms with Gasteiger partial charge in [0.15, 0.2) is 0 Å². The van der Waals surface area contributed by atoms with Gasteiger partial charge in [0.1, 0.15) is 17.1 Å². The Balaban J connectivity index is 2.00. The van der Waals surface area contributed by atoms with Crippen LogP contribution in [0.25, 0.3) is 0 Å². The van der Waals surface area contributed by atoms with E-state index in [0.717, 1.165) is 0 Å². The quantitative estimate of drug-likeness (QED) is 0.854. The first kappa shape index (κ1) is 9.72. The molecule has 0 aliphatic carbocycles. The Kier molecular flexibility index (Phi) is 2.19. The molecule has 4 heteroatoms. The summed E-state index contributed by atoms with van der Waals surface area (Å²) in [6, 6.07) is 14.7. The van der Waals surface area contributed by atoms with Crippen LogP contribution in [0.1, 0.15) is 10.4 Å². The Morgan fingerprint density at radius 1 is 1.00 bits per heavy atom. The Morgan fingerprint density at radius 3 is 2.65 bits per heavy atom. The Labute approximate surface area is 98.2 Å². The number of anilines is 1. The first-order valence-electron chi connectivity index (χ1n) is 5.21. The zero-order valence-corrected chi connectivity index (χ0v) is 8.88. The van der Waals surface area contributed by atoms with Gasteiger partial charge in [-0.1, -0.05) is 24.3 Å². The summed E-state index contributed by atoms with van der Waals surface area (Å²) in [6.45, 7) is 0. The highest BCUT2D eigenvalue weighted by atomic mass is 16.5. The molecule has 0 atom stereocenters. The predicted molar refractivity (Wildman–Crippen MR) is 63.0 cm³/mol. The van der Waals surface area contributed by atoms with Gasteiger partial charge in [0.2, 0.25) is 0 Å². The minimum atomic E-state index is -0.300. The summed E-state index contributed by atoms with van der Waals surface area (Å²) in [5.74, 6) is 0.916. The summed E-state index contributed by atoms with van der Waals surface area (Å²) in [5.41, 5.74) is 7.48. The lowest BCUT2D eigenvalue weighted by Crippen LogP contribution is -2.10. The second-order valence-electron chi connectivity index (χ2n) is 3.62. The van der Waals surface area contributed by atoms with Gasteiger partial charge < -0.3 is 4.74 Å². The molecule has 0 aromatic heterocycles. The highest BCUT2D eigenvalue weighted by Crippen LogP contribution is 2.32. The van der Waals surface area contributed by atoms with Crippen LogP contribution < -0.4 is 15.6 Å². The molecule has 1 N–H and O–H groups in total. The van der Waals surface area contributed by atoms with Gasteiger partial charge in [0, 0.05) is 0 Å². The number of amides is 1. The third-order valence-corrected chi connectivity index (χ3v) is 2.49. The largest absolute Gasteiger partial charge is 0.456 e. The third kappa shape index (κ3) is 1.69. The number of rotatable bonds is 2. The van der Waals surface area contributed by atoms with E-state index in [9.17, 15) is 4.79 Å². The summed E-state index contributed by atoms with van der Waals surface area (Å²) < 4.78 is 5.67. The van der Waals surface area contributed by atoms with Crippen LogP contribution in [0.4, 0.5) is 5.69 Å². The lowest BCUT2D eigenvalue weighted by atomic mass is 10.1. The van der Waals surface area contributed by atoms with Gasteiger partial charge in [-0.25, -0.2) is 0 Å². The van der Waals surface area contributed by atoms with E-state index >= 15 is 0 Å². The van der Waals surface area contributed by atoms with Crippen LogP contribution >= 0.6 is 0 Å². The van der Waals surface area contributed by atoms with Gasteiger partial charge in [0.05, 0.1) is 5.69 Å². The van der Waals surface area contributed by atoms with Crippen LogP contribution in [-0.2, 0) is 0 Å². The number of carbonyl (C=O) groups excluding carboxylic acids is 1. The lowest BCUT2D eigenvalue weighted by molar-refractivity contribution is 0.0967. The third-order valence-electron chi connectivity index (χ3n) is 2.49. The molecule has 0 spiro atoms. The van der Waals surface area contributed by atoms with Crippen LogP contribution in [-0.4, -0.2) is 5.91 Å². The number of carbonyl (C=O) groups is 1. The van der Waals surface area contributed by atoms with Gasteiger partial charge in [-0.15, -0.1) is 5.43 Å². The van der Waals surface area contributed by atoms with E-state index in [1.807, 2.05) is 36.4 Å². The number of nitrogens with zero attached hydrogens (tertiary/aromatic N) is 1. The zero-order chi connectivity index (χ0) is 11.7. The molecule has 2 aromatic rings. The Bertz CT molecular complexity index is 567. The standard InChI is InChI=1S/C13H9N2O2/c16-13-12-10(14-15-13)7-4-8-11(12)17-9-5-2-1-3-6-9/h1-8,14H. The predicted octanol–water partition coefficient (Wildman–Crippen LogP) is 2.56. The van der Waals surface area contributed by atoms with Gasteiger partial charge in [-0.2, -0.15) is 0 Å². The molecule has 0 saturated carbocycles. The van der Waals surface area contributed by atoms with Gasteiger partial charge in [-0.3, -0.25) is 10.2 Å². The number of ether oxygens (including phenoxy) is 1. The second kappa shape index (κ2) is 3.83. The molecule has 0 bridgehead atoms. The van der Waals surface area contributed by atoms with Crippen molar-refractivity contribution >= 4 is 11.6 Å². The minimum absolute atomic E-state index is 0.300. The first-order chi connectivity index (χ1) is 8.34. The number of hydrogen-bond acceptors (Lipinski definition) is 3. The van der Waals surface area contributed by atoms with E-state index in [2.05, 4.69) is 10.9 Å². The minimum Gasteiger partial charge on any atom is -0.456 e. The Morgan fingerprint density at radius 2 is 1.82 bits per heavy atom. The van der Waals surface area contributed by atoms with E-state index in [0.29, 0.717) is 22.7 Å². The molecule has 1 aliphatic rings. The molecule has 1 aliphatic heterocycles. The molecule has 0 fully saturated rings. The van der Waals surface area contributed by atoms with Crippen molar-refractivity contribution in [2.24, 2.45) is 0 Å². The molecule has 1 heterocycles. The summed E-state index contributed by atoms with van der Waals surface area (Å²) >= 11 is 0. The van der Waals surface area contributed by atoms with Crippen LogP contribution in [0, 0.1) is 0 Å². The number of para-hydroxylation sites is 1. The monoisotopic (exact) mass is 225 g/mol. The number of hydrogen-bond donors (Lipinski definition) is 1. The van der Waals surface area contributed by atoms with Crippen molar-refractivity contribution < 1.29 is 9.53 Å². The molecule has 83 valence electrons. The average molecular weight is 225 g/mol. The summed E-state index contributed by atoms with van der Waals surface area (Å²) in [4.78, 5) is 11.6. The zero-order valence-electron chi connectivity index (χ0n) is 8.88. The second-order valence-corrected chi connectivity index (χ2v) is 3.62. The van der Waals surface area contributed by atoms with E-state index in [1.165, 1.54) is 0 Å². The number of nitrogens with one attached hydrogen (secondary N) is 1. The molecule has 3 rings (SSSR count). The molecule has 1 amide bonds. The van der Waals surface area contributed by atoms with Crippen molar-refractivity contribution in [3.05, 3.63) is 54.1 Å². The highest BCUT2D eigenvalue weighted by molar-refractivity contribution is 6.06. The van der Waals surface area contributed by atoms with Crippen LogP contribution in [0.2, 0.25) is 0 Å². The maximum atomic E-state index is 11.6. The first-order valence-corrected chi connectivity index (χ1v) is 5.21. The van der Waals surface area contributed by atoms with Crippen LogP contribution in [0.15, 0.2) is 48.5 Å². The molecular formula is C13H9N2O2. The smallest absolute Gasteiger partial charge is 0.299 e. The molecule has 1 radical (unpaired) electrons. The normalized spacial score (nSPS) is 12.6. The average Bonchev–Trinajstić information content (AvgIpc) is 2.74. The van der Waals surface area contributed by atoms with Crippen molar-refractivity contribution in [3.63, 3.8) is 0 Å². The fourth-order valence-corrected chi connectivity index (χ4v) is 1.71. The number of benzene rings is 2. The van der Waals surface area contributed by atoms with Gasteiger partial charge in [0.25, 0.3) is 5.91 Å². The van der Waals surface area contributed by atoms with E-state index in [1.54, 1.807) is 12.1 Å². The van der Waals surface area contributed by atoms with Gasteiger partial charge in [-0.05, 0) is 24.3 Å². The fraction of sp³-hybridized carbons (Fsp3) is 0. The molecule has 4 nitrogen and oxygen atoms in total. The van der Waals surface area contributed by atoms with Crippen molar-refractivity contribution in [2.45, 2.75) is 0 Å². The summed E-state index contributed by atoms with van der Waals surface area (Å²) in [7, 11) is 0. The summed E-state index contributed by atoms with van der Waals surface area (Å²) in [6.07, 6.45) is 0. The molecular weight excluding hydrogens is 216 g/mol. The van der Waals surface area contributed by atoms with E-state index in [4.69, 9.17) is 4.74 Å². The van der Waals surface area contributed by atoms with Crippen molar-refractivity contribution in [1.29, 1.82) is 0 Å². The topological polar surface area (TPSA) is 52.4 Å². The highest BCUT2D eigenvalue weighted by Gasteiger charge is 2.25.